The largest absolute Gasteiger partial charge is 0.496 e. The second-order valence-corrected chi connectivity index (χ2v) is 6.22. The van der Waals surface area contributed by atoms with Crippen molar-refractivity contribution < 1.29 is 9.53 Å². The number of rotatable bonds is 7. The summed E-state index contributed by atoms with van der Waals surface area (Å²) in [5.41, 5.74) is 1.10. The molecule has 1 aromatic rings. The van der Waals surface area contributed by atoms with E-state index in [0.717, 1.165) is 22.6 Å². The molecular weight excluding hydrogens is 270 g/mol. The average molecular weight is 295 g/mol. The molecule has 0 fully saturated rings. The highest BCUT2D eigenvalue weighted by atomic mass is 32.2. The molecule has 0 heterocycles. The molecular formula is C16H25NO2S. The standard InChI is InChI=1S/C16H25NO2S/c1-12(2)6-9-16(18)17(3)11-13-7-8-15(20-5)14(10-13)19-4/h7-8,10,12H,6,9,11H2,1-5H3. The van der Waals surface area contributed by atoms with Gasteiger partial charge in [-0.1, -0.05) is 19.9 Å². The van der Waals surface area contributed by atoms with Gasteiger partial charge in [0.25, 0.3) is 0 Å². The third kappa shape index (κ3) is 5.08. The number of ether oxygens (including phenoxy) is 1. The van der Waals surface area contributed by atoms with Gasteiger partial charge in [0.05, 0.1) is 7.11 Å². The Bertz CT molecular complexity index is 446. The molecule has 0 aliphatic rings. The maximum atomic E-state index is 12.0. The zero-order valence-corrected chi connectivity index (χ0v) is 13.9. The minimum Gasteiger partial charge on any atom is -0.496 e. The first-order valence-electron chi connectivity index (χ1n) is 6.92. The van der Waals surface area contributed by atoms with Gasteiger partial charge in [0, 0.05) is 24.9 Å². The number of amides is 1. The molecule has 20 heavy (non-hydrogen) atoms. The summed E-state index contributed by atoms with van der Waals surface area (Å²) in [5.74, 6) is 1.64. The summed E-state index contributed by atoms with van der Waals surface area (Å²) in [6.07, 6.45) is 3.59. The van der Waals surface area contributed by atoms with Crippen molar-refractivity contribution in [1.82, 2.24) is 4.90 Å². The van der Waals surface area contributed by atoms with Crippen molar-refractivity contribution in [2.45, 2.75) is 38.1 Å². The van der Waals surface area contributed by atoms with Crippen LogP contribution in [0.2, 0.25) is 0 Å². The van der Waals surface area contributed by atoms with E-state index in [2.05, 4.69) is 19.9 Å². The van der Waals surface area contributed by atoms with Gasteiger partial charge in [-0.05, 0) is 36.3 Å². The first-order chi connectivity index (χ1) is 9.47. The van der Waals surface area contributed by atoms with Gasteiger partial charge in [-0.2, -0.15) is 0 Å². The first-order valence-corrected chi connectivity index (χ1v) is 8.15. The number of carbonyl (C=O) groups is 1. The maximum Gasteiger partial charge on any atom is 0.222 e. The Hall–Kier alpha value is -1.16. The monoisotopic (exact) mass is 295 g/mol. The second-order valence-electron chi connectivity index (χ2n) is 5.37. The number of hydrogen-bond acceptors (Lipinski definition) is 3. The Kier molecular flexibility index (Phi) is 6.93. The van der Waals surface area contributed by atoms with E-state index in [0.29, 0.717) is 18.9 Å². The normalized spacial score (nSPS) is 10.7. The maximum absolute atomic E-state index is 12.0. The van der Waals surface area contributed by atoms with Gasteiger partial charge in [0.1, 0.15) is 5.75 Å². The number of carbonyl (C=O) groups excluding carboxylic acids is 1. The van der Waals surface area contributed by atoms with Crippen LogP contribution in [0.3, 0.4) is 0 Å². The Balaban J connectivity index is 2.65. The predicted octanol–water partition coefficient (Wildman–Crippen LogP) is 3.81. The van der Waals surface area contributed by atoms with Crippen LogP contribution in [0, 0.1) is 5.92 Å². The van der Waals surface area contributed by atoms with Crippen LogP contribution in [0.4, 0.5) is 0 Å². The van der Waals surface area contributed by atoms with Gasteiger partial charge in [-0.3, -0.25) is 4.79 Å². The van der Waals surface area contributed by atoms with Gasteiger partial charge < -0.3 is 9.64 Å². The van der Waals surface area contributed by atoms with E-state index in [4.69, 9.17) is 4.74 Å². The SMILES string of the molecule is COc1cc(CN(C)C(=O)CCC(C)C)ccc1SC. The van der Waals surface area contributed by atoms with E-state index < -0.39 is 0 Å². The number of methoxy groups -OCH3 is 1. The average Bonchev–Trinajstić information content (AvgIpc) is 2.44. The number of nitrogens with zero attached hydrogens (tertiary/aromatic N) is 1. The Morgan fingerprint density at radius 3 is 2.65 bits per heavy atom. The zero-order valence-electron chi connectivity index (χ0n) is 13.1. The lowest BCUT2D eigenvalue weighted by Crippen LogP contribution is -2.26. The van der Waals surface area contributed by atoms with Crippen LogP contribution in [0.25, 0.3) is 0 Å². The van der Waals surface area contributed by atoms with Crippen LogP contribution in [-0.4, -0.2) is 31.2 Å². The molecule has 0 aromatic heterocycles. The summed E-state index contributed by atoms with van der Waals surface area (Å²) in [7, 11) is 3.54. The minimum atomic E-state index is 0.201. The lowest BCUT2D eigenvalue weighted by molar-refractivity contribution is -0.130. The molecule has 0 bridgehead atoms. The molecule has 0 radical (unpaired) electrons. The van der Waals surface area contributed by atoms with Crippen molar-refractivity contribution in [2.24, 2.45) is 5.92 Å². The number of hydrogen-bond donors (Lipinski definition) is 0. The van der Waals surface area contributed by atoms with E-state index >= 15 is 0 Å². The van der Waals surface area contributed by atoms with E-state index in [1.54, 1.807) is 23.8 Å². The second kappa shape index (κ2) is 8.20. The summed E-state index contributed by atoms with van der Waals surface area (Å²) < 4.78 is 5.37. The number of benzene rings is 1. The van der Waals surface area contributed by atoms with E-state index in [-0.39, 0.29) is 5.91 Å². The third-order valence-corrected chi connectivity index (χ3v) is 4.01. The van der Waals surface area contributed by atoms with Crippen LogP contribution >= 0.6 is 11.8 Å². The van der Waals surface area contributed by atoms with Gasteiger partial charge in [-0.25, -0.2) is 0 Å². The van der Waals surface area contributed by atoms with Gasteiger partial charge >= 0.3 is 0 Å². The summed E-state index contributed by atoms with van der Waals surface area (Å²) in [6, 6.07) is 6.11. The molecule has 0 aliphatic heterocycles. The molecule has 0 N–H and O–H groups in total. The molecule has 0 atom stereocenters. The fourth-order valence-corrected chi connectivity index (χ4v) is 2.49. The van der Waals surface area contributed by atoms with Gasteiger partial charge in [-0.15, -0.1) is 11.8 Å². The quantitative estimate of drug-likeness (QED) is 0.716. The fourth-order valence-electron chi connectivity index (χ4n) is 1.94. The van der Waals surface area contributed by atoms with Crippen LogP contribution in [0.5, 0.6) is 5.75 Å². The van der Waals surface area contributed by atoms with E-state index in [1.807, 2.05) is 25.4 Å². The molecule has 0 saturated carbocycles. The van der Waals surface area contributed by atoms with Crippen LogP contribution < -0.4 is 4.74 Å². The smallest absolute Gasteiger partial charge is 0.222 e. The highest BCUT2D eigenvalue weighted by molar-refractivity contribution is 7.98. The summed E-state index contributed by atoms with van der Waals surface area (Å²) in [4.78, 5) is 14.9. The molecule has 1 aromatic carbocycles. The molecule has 0 saturated heterocycles. The van der Waals surface area contributed by atoms with E-state index in [9.17, 15) is 4.79 Å². The molecule has 3 nitrogen and oxygen atoms in total. The molecule has 0 aliphatic carbocycles. The van der Waals surface area contributed by atoms with Gasteiger partial charge in [0.2, 0.25) is 5.91 Å². The van der Waals surface area contributed by atoms with Crippen LogP contribution in [0.1, 0.15) is 32.3 Å². The number of thioether (sulfide) groups is 1. The summed E-state index contributed by atoms with van der Waals surface area (Å²) in [5, 5.41) is 0. The lowest BCUT2D eigenvalue weighted by Gasteiger charge is -2.18. The molecule has 0 spiro atoms. The molecule has 112 valence electrons. The molecule has 1 amide bonds. The lowest BCUT2D eigenvalue weighted by atomic mass is 10.1. The van der Waals surface area contributed by atoms with Crippen LogP contribution in [0.15, 0.2) is 23.1 Å². The fraction of sp³-hybridized carbons (Fsp3) is 0.562. The molecule has 1 rings (SSSR count). The van der Waals surface area contributed by atoms with Gasteiger partial charge in [0.15, 0.2) is 0 Å². The van der Waals surface area contributed by atoms with Crippen LogP contribution in [-0.2, 0) is 11.3 Å². The van der Waals surface area contributed by atoms with Crippen molar-refractivity contribution in [1.29, 1.82) is 0 Å². The Labute approximate surface area is 126 Å². The summed E-state index contributed by atoms with van der Waals surface area (Å²) >= 11 is 1.66. The van der Waals surface area contributed by atoms with E-state index in [1.165, 1.54) is 0 Å². The third-order valence-electron chi connectivity index (χ3n) is 3.23. The highest BCUT2D eigenvalue weighted by Gasteiger charge is 2.11. The van der Waals surface area contributed by atoms with Crippen molar-refractivity contribution in [3.8, 4) is 5.75 Å². The Morgan fingerprint density at radius 2 is 2.10 bits per heavy atom. The van der Waals surface area contributed by atoms with Crippen molar-refractivity contribution >= 4 is 17.7 Å². The highest BCUT2D eigenvalue weighted by Crippen LogP contribution is 2.28. The van der Waals surface area contributed by atoms with Crippen molar-refractivity contribution in [3.05, 3.63) is 23.8 Å². The topological polar surface area (TPSA) is 29.5 Å². The summed E-state index contributed by atoms with van der Waals surface area (Å²) in [6.45, 7) is 4.90. The van der Waals surface area contributed by atoms with Crippen molar-refractivity contribution in [3.63, 3.8) is 0 Å². The van der Waals surface area contributed by atoms with Crippen molar-refractivity contribution in [2.75, 3.05) is 20.4 Å². The molecule has 4 heteroatoms. The first kappa shape index (κ1) is 16.9. The Morgan fingerprint density at radius 1 is 1.40 bits per heavy atom. The zero-order chi connectivity index (χ0) is 15.1. The minimum absolute atomic E-state index is 0.201. The predicted molar refractivity (Wildman–Crippen MR) is 85.3 cm³/mol. The molecule has 0 unspecified atom stereocenters.